The summed E-state index contributed by atoms with van der Waals surface area (Å²) in [5.41, 5.74) is -0.323. The van der Waals surface area contributed by atoms with Crippen molar-refractivity contribution in [1.82, 2.24) is 0 Å². The van der Waals surface area contributed by atoms with Gasteiger partial charge in [-0.05, 0) is 13.8 Å². The van der Waals surface area contributed by atoms with Crippen LogP contribution in [0.5, 0.6) is 0 Å². The van der Waals surface area contributed by atoms with Crippen molar-refractivity contribution < 1.29 is 23.0 Å². The summed E-state index contributed by atoms with van der Waals surface area (Å²) >= 11 is 0. The van der Waals surface area contributed by atoms with Gasteiger partial charge in [-0.3, -0.25) is 0 Å². The molecule has 5 heteroatoms. The molecule has 0 radical (unpaired) electrons. The lowest BCUT2D eigenvalue weighted by Gasteiger charge is -2.32. The molecule has 2 nitrogen and oxygen atoms in total. The van der Waals surface area contributed by atoms with Gasteiger partial charge in [0.25, 0.3) is 5.79 Å². The average molecular weight is 234 g/mol. The molecule has 1 rings (SSSR count). The molecule has 0 amide bonds. The molecule has 90 valence electrons. The van der Waals surface area contributed by atoms with Crippen LogP contribution in [-0.2, 0) is 10.5 Å². The number of benzene rings is 1. The topological polar surface area (TPSA) is 29.5 Å². The number of hydrogen-bond donors (Lipinski definition) is 1. The first kappa shape index (κ1) is 13.0. The van der Waals surface area contributed by atoms with Gasteiger partial charge in [0.15, 0.2) is 0 Å². The molecule has 1 unspecified atom stereocenters. The van der Waals surface area contributed by atoms with E-state index in [0.29, 0.717) is 0 Å². The van der Waals surface area contributed by atoms with Gasteiger partial charge < -0.3 is 9.84 Å². The monoisotopic (exact) mass is 234 g/mol. The summed E-state index contributed by atoms with van der Waals surface area (Å²) in [4.78, 5) is 0. The summed E-state index contributed by atoms with van der Waals surface area (Å²) in [6.07, 6.45) is -5.62. The molecule has 0 heterocycles. The van der Waals surface area contributed by atoms with Crippen LogP contribution in [0.1, 0.15) is 19.4 Å². The quantitative estimate of drug-likeness (QED) is 0.815. The number of aliphatic hydroxyl groups is 1. The molecule has 0 aromatic heterocycles. The molecule has 1 aromatic rings. The maximum Gasteiger partial charge on any atom is 0.448 e. The van der Waals surface area contributed by atoms with Crippen LogP contribution in [0.3, 0.4) is 0 Å². The van der Waals surface area contributed by atoms with Crippen LogP contribution in [0.15, 0.2) is 30.3 Å². The highest BCUT2D eigenvalue weighted by atomic mass is 19.4. The van der Waals surface area contributed by atoms with E-state index in [4.69, 9.17) is 0 Å². The second-order valence-corrected chi connectivity index (χ2v) is 3.67. The Morgan fingerprint density at radius 3 is 2.00 bits per heavy atom. The largest absolute Gasteiger partial charge is 0.448 e. The van der Waals surface area contributed by atoms with Crippen molar-refractivity contribution in [2.75, 3.05) is 0 Å². The van der Waals surface area contributed by atoms with E-state index in [2.05, 4.69) is 4.74 Å². The highest BCUT2D eigenvalue weighted by Gasteiger charge is 2.57. The lowest BCUT2D eigenvalue weighted by atomic mass is 10.1. The van der Waals surface area contributed by atoms with Gasteiger partial charge in [0.05, 0.1) is 6.10 Å². The van der Waals surface area contributed by atoms with Gasteiger partial charge >= 0.3 is 6.18 Å². The van der Waals surface area contributed by atoms with Crippen molar-refractivity contribution in [2.45, 2.75) is 31.9 Å². The summed E-state index contributed by atoms with van der Waals surface area (Å²) in [5.74, 6) is -3.25. The highest BCUT2D eigenvalue weighted by Crippen LogP contribution is 2.40. The number of alkyl halides is 3. The van der Waals surface area contributed by atoms with Gasteiger partial charge in [-0.25, -0.2) is 0 Å². The maximum absolute atomic E-state index is 12.8. The van der Waals surface area contributed by atoms with Gasteiger partial charge in [-0.15, -0.1) is 0 Å². The van der Waals surface area contributed by atoms with Crippen molar-refractivity contribution in [2.24, 2.45) is 0 Å². The Kier molecular flexibility index (Phi) is 3.60. The zero-order valence-corrected chi connectivity index (χ0v) is 8.95. The van der Waals surface area contributed by atoms with E-state index in [-0.39, 0.29) is 5.56 Å². The predicted octanol–water partition coefficient (Wildman–Crippen LogP) is 2.82. The van der Waals surface area contributed by atoms with E-state index in [1.807, 2.05) is 0 Å². The van der Waals surface area contributed by atoms with Gasteiger partial charge in [0.1, 0.15) is 0 Å². The number of ether oxygens (including phenoxy) is 1. The van der Waals surface area contributed by atoms with Crippen molar-refractivity contribution in [3.63, 3.8) is 0 Å². The van der Waals surface area contributed by atoms with E-state index in [0.717, 1.165) is 0 Å². The van der Waals surface area contributed by atoms with E-state index in [1.54, 1.807) is 6.07 Å². The summed E-state index contributed by atoms with van der Waals surface area (Å²) in [5, 5.41) is 9.64. The van der Waals surface area contributed by atoms with E-state index in [1.165, 1.54) is 38.1 Å². The molecule has 1 atom stereocenters. The number of hydrogen-bond acceptors (Lipinski definition) is 2. The van der Waals surface area contributed by atoms with Crippen molar-refractivity contribution in [3.8, 4) is 0 Å². The van der Waals surface area contributed by atoms with Gasteiger partial charge in [-0.1, -0.05) is 30.3 Å². The molecule has 0 fully saturated rings. The first-order valence-electron chi connectivity index (χ1n) is 4.80. The minimum absolute atomic E-state index is 0.323. The van der Waals surface area contributed by atoms with Crippen LogP contribution in [0.25, 0.3) is 0 Å². The third-order valence-electron chi connectivity index (χ3n) is 1.96. The molecule has 1 N–H and O–H groups in total. The van der Waals surface area contributed by atoms with E-state index in [9.17, 15) is 18.3 Å². The minimum atomic E-state index is -4.88. The molecule has 0 bridgehead atoms. The Morgan fingerprint density at radius 1 is 1.12 bits per heavy atom. The Morgan fingerprint density at radius 2 is 1.62 bits per heavy atom. The summed E-state index contributed by atoms with van der Waals surface area (Å²) < 4.78 is 42.9. The standard InChI is InChI=1S/C11H13F3O2/c1-8(2)16-10(15,11(12,13)14)9-6-4-3-5-7-9/h3-8,15H,1-2H3. The molecule has 0 aliphatic heterocycles. The Hall–Kier alpha value is -1.07. The molecule has 0 saturated heterocycles. The summed E-state index contributed by atoms with van der Waals surface area (Å²) in [7, 11) is 0. The molecule has 1 aromatic carbocycles. The van der Waals surface area contributed by atoms with Crippen LogP contribution in [0.2, 0.25) is 0 Å². The van der Waals surface area contributed by atoms with Gasteiger partial charge in [0.2, 0.25) is 0 Å². The van der Waals surface area contributed by atoms with Crippen LogP contribution in [-0.4, -0.2) is 17.4 Å². The summed E-state index contributed by atoms with van der Waals surface area (Å²) in [6.45, 7) is 2.86. The Bertz CT molecular complexity index is 335. The third kappa shape index (κ3) is 2.54. The molecule has 0 aliphatic carbocycles. The second-order valence-electron chi connectivity index (χ2n) is 3.67. The Labute approximate surface area is 91.7 Å². The zero-order chi connectivity index (χ0) is 12.4. The fraction of sp³-hybridized carbons (Fsp3) is 0.455. The normalized spacial score (nSPS) is 16.2. The minimum Gasteiger partial charge on any atom is -0.355 e. The fourth-order valence-electron chi connectivity index (χ4n) is 1.30. The highest BCUT2D eigenvalue weighted by molar-refractivity contribution is 5.21. The smallest absolute Gasteiger partial charge is 0.355 e. The van der Waals surface area contributed by atoms with Crippen LogP contribution in [0, 0.1) is 0 Å². The number of rotatable bonds is 3. The lowest BCUT2D eigenvalue weighted by molar-refractivity contribution is -0.384. The van der Waals surface area contributed by atoms with E-state index >= 15 is 0 Å². The van der Waals surface area contributed by atoms with Crippen LogP contribution >= 0.6 is 0 Å². The average Bonchev–Trinajstić information content (AvgIpc) is 2.16. The van der Waals surface area contributed by atoms with Crippen molar-refractivity contribution >= 4 is 0 Å². The molecule has 0 spiro atoms. The Balaban J connectivity index is 3.16. The van der Waals surface area contributed by atoms with Gasteiger partial charge in [0, 0.05) is 5.56 Å². The maximum atomic E-state index is 12.8. The number of halogens is 3. The first-order chi connectivity index (χ1) is 7.27. The predicted molar refractivity (Wildman–Crippen MR) is 52.6 cm³/mol. The van der Waals surface area contributed by atoms with Gasteiger partial charge in [-0.2, -0.15) is 13.2 Å². The first-order valence-corrected chi connectivity index (χ1v) is 4.80. The van der Waals surface area contributed by atoms with E-state index < -0.39 is 18.1 Å². The molecule has 16 heavy (non-hydrogen) atoms. The van der Waals surface area contributed by atoms with Crippen LogP contribution in [0.4, 0.5) is 13.2 Å². The molecule has 0 saturated carbocycles. The zero-order valence-electron chi connectivity index (χ0n) is 8.95. The summed E-state index contributed by atoms with van der Waals surface area (Å²) in [6, 6.07) is 6.74. The fourth-order valence-corrected chi connectivity index (χ4v) is 1.30. The SMILES string of the molecule is CC(C)OC(O)(c1ccccc1)C(F)(F)F. The molecule has 0 aliphatic rings. The van der Waals surface area contributed by atoms with Crippen molar-refractivity contribution in [3.05, 3.63) is 35.9 Å². The molecular formula is C11H13F3O2. The van der Waals surface area contributed by atoms with Crippen molar-refractivity contribution in [1.29, 1.82) is 0 Å². The lowest BCUT2D eigenvalue weighted by Crippen LogP contribution is -2.46. The second kappa shape index (κ2) is 4.43. The third-order valence-corrected chi connectivity index (χ3v) is 1.96. The molecular weight excluding hydrogens is 221 g/mol. The van der Waals surface area contributed by atoms with Crippen LogP contribution < -0.4 is 0 Å².